The van der Waals surface area contributed by atoms with Crippen LogP contribution in [0.1, 0.15) is 5.69 Å². The predicted molar refractivity (Wildman–Crippen MR) is 85.9 cm³/mol. The van der Waals surface area contributed by atoms with Crippen molar-refractivity contribution < 1.29 is 0 Å². The van der Waals surface area contributed by atoms with Crippen molar-refractivity contribution in [1.29, 1.82) is 0 Å². The SMILES string of the molecule is Cn1cnc2ccc(-c3ccc4[nH]c(CN)cc4c3)cc21. The topological polar surface area (TPSA) is 59.6 Å². The van der Waals surface area contributed by atoms with Crippen LogP contribution in [0.3, 0.4) is 0 Å². The van der Waals surface area contributed by atoms with Gasteiger partial charge in [0.2, 0.25) is 0 Å². The summed E-state index contributed by atoms with van der Waals surface area (Å²) in [7, 11) is 2.02. The molecule has 4 rings (SSSR count). The Morgan fingerprint density at radius 1 is 1.10 bits per heavy atom. The van der Waals surface area contributed by atoms with Crippen LogP contribution in [0.25, 0.3) is 33.1 Å². The average molecular weight is 276 g/mol. The Bertz CT molecular complexity index is 946. The third-order valence-corrected chi connectivity index (χ3v) is 3.96. The molecule has 0 unspecified atom stereocenters. The number of imidazole rings is 1. The van der Waals surface area contributed by atoms with Gasteiger partial charge in [-0.3, -0.25) is 0 Å². The van der Waals surface area contributed by atoms with E-state index in [0.717, 1.165) is 22.2 Å². The minimum Gasteiger partial charge on any atom is -0.357 e. The monoisotopic (exact) mass is 276 g/mol. The highest BCUT2D eigenvalue weighted by atomic mass is 15.0. The van der Waals surface area contributed by atoms with Gasteiger partial charge < -0.3 is 15.3 Å². The van der Waals surface area contributed by atoms with E-state index >= 15 is 0 Å². The normalized spacial score (nSPS) is 11.5. The van der Waals surface area contributed by atoms with Gasteiger partial charge in [0.1, 0.15) is 0 Å². The van der Waals surface area contributed by atoms with Crippen LogP contribution < -0.4 is 5.73 Å². The molecule has 0 bridgehead atoms. The Kier molecular flexibility index (Phi) is 2.59. The number of nitrogens with two attached hydrogens (primary N) is 1. The van der Waals surface area contributed by atoms with Gasteiger partial charge in [0.25, 0.3) is 0 Å². The van der Waals surface area contributed by atoms with Gasteiger partial charge in [-0.1, -0.05) is 12.1 Å². The van der Waals surface area contributed by atoms with Gasteiger partial charge in [-0.25, -0.2) is 4.98 Å². The van der Waals surface area contributed by atoms with Gasteiger partial charge in [0.15, 0.2) is 0 Å². The number of benzene rings is 2. The molecule has 104 valence electrons. The van der Waals surface area contributed by atoms with Gasteiger partial charge >= 0.3 is 0 Å². The summed E-state index contributed by atoms with van der Waals surface area (Å²) >= 11 is 0. The van der Waals surface area contributed by atoms with E-state index in [4.69, 9.17) is 5.73 Å². The minimum atomic E-state index is 0.533. The first-order valence-electron chi connectivity index (χ1n) is 6.98. The van der Waals surface area contributed by atoms with E-state index < -0.39 is 0 Å². The maximum absolute atomic E-state index is 5.69. The number of aromatic amines is 1. The highest BCUT2D eigenvalue weighted by molar-refractivity contribution is 5.88. The van der Waals surface area contributed by atoms with Crippen LogP contribution in [0.5, 0.6) is 0 Å². The Morgan fingerprint density at radius 3 is 2.76 bits per heavy atom. The molecule has 4 heteroatoms. The second-order valence-corrected chi connectivity index (χ2v) is 5.36. The van der Waals surface area contributed by atoms with Crippen molar-refractivity contribution in [3.05, 3.63) is 54.5 Å². The van der Waals surface area contributed by atoms with E-state index in [0.29, 0.717) is 6.54 Å². The Hall–Kier alpha value is -2.59. The quantitative estimate of drug-likeness (QED) is 0.590. The molecule has 0 radical (unpaired) electrons. The molecule has 0 amide bonds. The molecule has 0 fully saturated rings. The molecule has 21 heavy (non-hydrogen) atoms. The van der Waals surface area contributed by atoms with Crippen molar-refractivity contribution in [2.75, 3.05) is 0 Å². The van der Waals surface area contributed by atoms with Gasteiger partial charge in [-0.05, 0) is 41.5 Å². The first kappa shape index (κ1) is 12.2. The number of fused-ring (bicyclic) bond motifs is 2. The lowest BCUT2D eigenvalue weighted by atomic mass is 10.0. The van der Waals surface area contributed by atoms with Crippen molar-refractivity contribution >= 4 is 21.9 Å². The molecule has 4 nitrogen and oxygen atoms in total. The molecule has 0 aliphatic heterocycles. The molecule has 2 aromatic heterocycles. The van der Waals surface area contributed by atoms with Gasteiger partial charge in [-0.15, -0.1) is 0 Å². The summed E-state index contributed by atoms with van der Waals surface area (Å²) in [6, 6.07) is 14.9. The third-order valence-electron chi connectivity index (χ3n) is 3.96. The van der Waals surface area contributed by atoms with Crippen molar-refractivity contribution in [2.24, 2.45) is 12.8 Å². The van der Waals surface area contributed by atoms with Crippen molar-refractivity contribution in [3.8, 4) is 11.1 Å². The van der Waals surface area contributed by atoms with Crippen molar-refractivity contribution in [1.82, 2.24) is 14.5 Å². The van der Waals surface area contributed by atoms with Crippen LogP contribution in [0.2, 0.25) is 0 Å². The lowest BCUT2D eigenvalue weighted by Crippen LogP contribution is -1.94. The summed E-state index contributed by atoms with van der Waals surface area (Å²) in [5.41, 5.74) is 12.4. The number of H-pyrrole nitrogens is 1. The van der Waals surface area contributed by atoms with Crippen molar-refractivity contribution in [2.45, 2.75) is 6.54 Å². The fourth-order valence-electron chi connectivity index (χ4n) is 2.79. The number of rotatable bonds is 2. The maximum atomic E-state index is 5.69. The average Bonchev–Trinajstić information content (AvgIpc) is 3.09. The number of aromatic nitrogens is 3. The second kappa shape index (κ2) is 4.46. The van der Waals surface area contributed by atoms with E-state index in [9.17, 15) is 0 Å². The second-order valence-electron chi connectivity index (χ2n) is 5.36. The fourth-order valence-corrected chi connectivity index (χ4v) is 2.79. The van der Waals surface area contributed by atoms with Gasteiger partial charge in [0.05, 0.1) is 17.4 Å². The highest BCUT2D eigenvalue weighted by Crippen LogP contribution is 2.27. The zero-order valence-corrected chi connectivity index (χ0v) is 11.8. The first-order chi connectivity index (χ1) is 10.2. The molecule has 0 spiro atoms. The smallest absolute Gasteiger partial charge is 0.0955 e. The summed E-state index contributed by atoms with van der Waals surface area (Å²) in [5, 5.41) is 1.19. The molecule has 4 aromatic rings. The maximum Gasteiger partial charge on any atom is 0.0955 e. The summed E-state index contributed by atoms with van der Waals surface area (Å²) < 4.78 is 2.04. The van der Waals surface area contributed by atoms with Crippen molar-refractivity contribution in [3.63, 3.8) is 0 Å². The minimum absolute atomic E-state index is 0.533. The zero-order valence-electron chi connectivity index (χ0n) is 11.8. The summed E-state index contributed by atoms with van der Waals surface area (Å²) in [6.45, 7) is 0.533. The molecule has 2 aromatic carbocycles. The standard InChI is InChI=1S/C17H16N4/c1-21-10-19-16-5-3-12(8-17(16)21)11-2-4-15-13(6-11)7-14(9-18)20-15/h2-8,10,20H,9,18H2,1H3. The Morgan fingerprint density at radius 2 is 1.90 bits per heavy atom. The zero-order chi connectivity index (χ0) is 14.4. The van der Waals surface area contributed by atoms with E-state index in [1.54, 1.807) is 0 Å². The van der Waals surface area contributed by atoms with E-state index in [-0.39, 0.29) is 0 Å². The van der Waals surface area contributed by atoms with Gasteiger partial charge in [0, 0.05) is 30.2 Å². The number of aryl methyl sites for hydroxylation is 1. The molecule has 2 heterocycles. The van der Waals surface area contributed by atoms with Crippen LogP contribution >= 0.6 is 0 Å². The summed E-state index contributed by atoms with van der Waals surface area (Å²) in [4.78, 5) is 7.68. The van der Waals surface area contributed by atoms with Crippen LogP contribution in [0.4, 0.5) is 0 Å². The molecule has 0 aliphatic carbocycles. The highest BCUT2D eigenvalue weighted by Gasteiger charge is 2.05. The molecule has 3 N–H and O–H groups in total. The summed E-state index contributed by atoms with van der Waals surface area (Å²) in [6.07, 6.45) is 1.84. The van der Waals surface area contributed by atoms with Crippen LogP contribution in [-0.2, 0) is 13.6 Å². The molecule has 0 saturated carbocycles. The van der Waals surface area contributed by atoms with Crippen LogP contribution in [0.15, 0.2) is 48.8 Å². The number of nitrogens with zero attached hydrogens (tertiary/aromatic N) is 2. The molecule has 0 saturated heterocycles. The van der Waals surface area contributed by atoms with E-state index in [1.165, 1.54) is 16.5 Å². The van der Waals surface area contributed by atoms with E-state index in [1.807, 2.05) is 17.9 Å². The lowest BCUT2D eigenvalue weighted by molar-refractivity contribution is 0.948. The molecular weight excluding hydrogens is 260 g/mol. The summed E-state index contributed by atoms with van der Waals surface area (Å²) in [5.74, 6) is 0. The molecule has 0 atom stereocenters. The lowest BCUT2D eigenvalue weighted by Gasteiger charge is -2.03. The fraction of sp³-hybridized carbons (Fsp3) is 0.118. The van der Waals surface area contributed by atoms with Crippen LogP contribution in [-0.4, -0.2) is 14.5 Å². The largest absolute Gasteiger partial charge is 0.357 e. The van der Waals surface area contributed by atoms with E-state index in [2.05, 4.69) is 52.4 Å². The molecular formula is C17H16N4. The van der Waals surface area contributed by atoms with Crippen LogP contribution in [0, 0.1) is 0 Å². The number of hydrogen-bond donors (Lipinski definition) is 2. The third kappa shape index (κ3) is 1.92. The first-order valence-corrected chi connectivity index (χ1v) is 6.98. The number of nitrogens with one attached hydrogen (secondary N) is 1. The number of hydrogen-bond acceptors (Lipinski definition) is 2. The Balaban J connectivity index is 1.88. The van der Waals surface area contributed by atoms with Gasteiger partial charge in [-0.2, -0.15) is 0 Å². The predicted octanol–water partition coefficient (Wildman–Crippen LogP) is 3.18. The molecule has 0 aliphatic rings. The Labute approximate surface area is 122 Å².